The Balaban J connectivity index is 1.94. The van der Waals surface area contributed by atoms with Gasteiger partial charge in [-0.15, -0.1) is 0 Å². The van der Waals surface area contributed by atoms with E-state index in [2.05, 4.69) is 5.32 Å². The zero-order valence-corrected chi connectivity index (χ0v) is 16.6. The van der Waals surface area contributed by atoms with E-state index in [-0.39, 0.29) is 42.8 Å². The van der Waals surface area contributed by atoms with Gasteiger partial charge in [0.15, 0.2) is 0 Å². The number of ether oxygens (including phenoxy) is 1. The second-order valence-corrected chi connectivity index (χ2v) is 8.57. The minimum Gasteiger partial charge on any atom is -0.379 e. The standard InChI is InChI=1S/C19H18F4N2O4S/c1-12-2-4-14(30(27,28)25-6-8-29-9-7-25)11-15(12)18(26)24-17-5-3-13(20)10-16(17)19(21,22)23/h2-5,10-11H,6-9H2,1H3,(H,24,26). The summed E-state index contributed by atoms with van der Waals surface area (Å²) in [5.41, 5.74) is -1.72. The molecular weight excluding hydrogens is 428 g/mol. The smallest absolute Gasteiger partial charge is 0.379 e. The predicted octanol–water partition coefficient (Wildman–Crippen LogP) is 3.43. The van der Waals surface area contributed by atoms with Crippen LogP contribution >= 0.6 is 0 Å². The third-order valence-corrected chi connectivity index (χ3v) is 6.49. The molecule has 162 valence electrons. The van der Waals surface area contributed by atoms with Gasteiger partial charge in [0.2, 0.25) is 10.0 Å². The number of morpholine rings is 1. The maximum atomic E-state index is 13.3. The third-order valence-electron chi connectivity index (χ3n) is 4.60. The molecule has 0 aliphatic carbocycles. The monoisotopic (exact) mass is 446 g/mol. The zero-order chi connectivity index (χ0) is 22.1. The summed E-state index contributed by atoms with van der Waals surface area (Å²) < 4.78 is 84.7. The van der Waals surface area contributed by atoms with Gasteiger partial charge >= 0.3 is 6.18 Å². The molecule has 1 saturated heterocycles. The average Bonchev–Trinajstić information content (AvgIpc) is 2.69. The molecule has 1 N–H and O–H groups in total. The number of rotatable bonds is 4. The Labute approximate surface area is 170 Å². The van der Waals surface area contributed by atoms with Crippen LogP contribution in [0.25, 0.3) is 0 Å². The van der Waals surface area contributed by atoms with Crippen LogP contribution in [-0.2, 0) is 20.9 Å². The molecule has 0 saturated carbocycles. The fourth-order valence-corrected chi connectivity index (χ4v) is 4.43. The normalized spacial score (nSPS) is 15.8. The van der Waals surface area contributed by atoms with Crippen molar-refractivity contribution in [1.82, 2.24) is 4.31 Å². The molecule has 0 unspecified atom stereocenters. The van der Waals surface area contributed by atoms with Crippen molar-refractivity contribution in [3.8, 4) is 0 Å². The highest BCUT2D eigenvalue weighted by molar-refractivity contribution is 7.89. The van der Waals surface area contributed by atoms with Gasteiger partial charge in [0.1, 0.15) is 5.82 Å². The van der Waals surface area contributed by atoms with Crippen molar-refractivity contribution in [2.45, 2.75) is 18.0 Å². The molecule has 1 aliphatic heterocycles. The molecule has 0 bridgehead atoms. The minimum atomic E-state index is -4.89. The molecule has 0 spiro atoms. The zero-order valence-electron chi connectivity index (χ0n) is 15.8. The summed E-state index contributed by atoms with van der Waals surface area (Å²) in [7, 11) is -3.90. The Morgan fingerprint density at radius 2 is 1.77 bits per heavy atom. The number of hydrogen-bond donors (Lipinski definition) is 1. The molecule has 2 aromatic carbocycles. The van der Waals surface area contributed by atoms with E-state index in [0.29, 0.717) is 5.56 Å². The highest BCUT2D eigenvalue weighted by Crippen LogP contribution is 2.35. The molecule has 1 fully saturated rings. The number of alkyl halides is 3. The second kappa shape index (κ2) is 8.32. The number of carbonyl (C=O) groups is 1. The van der Waals surface area contributed by atoms with Crippen LogP contribution in [0.15, 0.2) is 41.3 Å². The molecule has 0 atom stereocenters. The first-order chi connectivity index (χ1) is 14.0. The number of nitrogens with zero attached hydrogens (tertiary/aromatic N) is 1. The Hall–Kier alpha value is -2.50. The lowest BCUT2D eigenvalue weighted by atomic mass is 10.1. The van der Waals surface area contributed by atoms with E-state index >= 15 is 0 Å². The molecule has 6 nitrogen and oxygen atoms in total. The SMILES string of the molecule is Cc1ccc(S(=O)(=O)N2CCOCC2)cc1C(=O)Nc1ccc(F)cc1C(F)(F)F. The van der Waals surface area contributed by atoms with Crippen molar-refractivity contribution in [1.29, 1.82) is 0 Å². The highest BCUT2D eigenvalue weighted by atomic mass is 32.2. The Kier molecular flexibility index (Phi) is 6.16. The summed E-state index contributed by atoms with van der Waals surface area (Å²) in [6.07, 6.45) is -4.89. The molecule has 1 amide bonds. The molecule has 11 heteroatoms. The Bertz CT molecular complexity index is 1060. The molecule has 2 aromatic rings. The Morgan fingerprint density at radius 1 is 1.10 bits per heavy atom. The maximum Gasteiger partial charge on any atom is 0.418 e. The van der Waals surface area contributed by atoms with Crippen LogP contribution in [0.2, 0.25) is 0 Å². The number of benzene rings is 2. The number of nitrogens with one attached hydrogen (secondary N) is 1. The number of carbonyl (C=O) groups excluding carboxylic acids is 1. The van der Waals surface area contributed by atoms with Gasteiger partial charge in [-0.3, -0.25) is 4.79 Å². The number of sulfonamides is 1. The van der Waals surface area contributed by atoms with Crippen LogP contribution in [0.1, 0.15) is 21.5 Å². The third kappa shape index (κ3) is 4.63. The fraction of sp³-hybridized carbons (Fsp3) is 0.316. The lowest BCUT2D eigenvalue weighted by Gasteiger charge is -2.26. The van der Waals surface area contributed by atoms with E-state index < -0.39 is 39.2 Å². The van der Waals surface area contributed by atoms with Gasteiger partial charge in [-0.2, -0.15) is 17.5 Å². The predicted molar refractivity (Wildman–Crippen MR) is 100 cm³/mol. The van der Waals surface area contributed by atoms with Crippen LogP contribution in [0.3, 0.4) is 0 Å². The lowest BCUT2D eigenvalue weighted by Crippen LogP contribution is -2.40. The van der Waals surface area contributed by atoms with Gasteiger partial charge in [-0.05, 0) is 42.8 Å². The molecule has 1 heterocycles. The van der Waals surface area contributed by atoms with E-state index in [1.807, 2.05) is 0 Å². The second-order valence-electron chi connectivity index (χ2n) is 6.63. The first-order valence-corrected chi connectivity index (χ1v) is 10.3. The van der Waals surface area contributed by atoms with Gasteiger partial charge in [-0.25, -0.2) is 12.8 Å². The number of anilines is 1. The first kappa shape index (κ1) is 22.2. The van der Waals surface area contributed by atoms with Gasteiger partial charge < -0.3 is 10.1 Å². The van der Waals surface area contributed by atoms with Crippen molar-refractivity contribution < 1.29 is 35.5 Å². The van der Waals surface area contributed by atoms with Gasteiger partial charge in [0, 0.05) is 18.7 Å². The summed E-state index contributed by atoms with van der Waals surface area (Å²) in [6, 6.07) is 5.72. The molecule has 30 heavy (non-hydrogen) atoms. The molecule has 0 aromatic heterocycles. The fourth-order valence-electron chi connectivity index (χ4n) is 2.99. The quantitative estimate of drug-likeness (QED) is 0.731. The van der Waals surface area contributed by atoms with E-state index in [0.717, 1.165) is 18.2 Å². The number of halogens is 4. The summed E-state index contributed by atoms with van der Waals surface area (Å²) in [4.78, 5) is 12.5. The van der Waals surface area contributed by atoms with Crippen molar-refractivity contribution >= 4 is 21.6 Å². The highest BCUT2D eigenvalue weighted by Gasteiger charge is 2.35. The van der Waals surface area contributed by atoms with Gasteiger partial charge in [-0.1, -0.05) is 6.07 Å². The van der Waals surface area contributed by atoms with Gasteiger partial charge in [0.25, 0.3) is 5.91 Å². The molecule has 1 aliphatic rings. The maximum absolute atomic E-state index is 13.3. The van der Waals surface area contributed by atoms with E-state index in [4.69, 9.17) is 4.74 Å². The van der Waals surface area contributed by atoms with Crippen LogP contribution in [0.4, 0.5) is 23.2 Å². The number of aryl methyl sites for hydroxylation is 1. The molecule has 3 rings (SSSR count). The first-order valence-electron chi connectivity index (χ1n) is 8.87. The van der Waals surface area contributed by atoms with Crippen LogP contribution in [0, 0.1) is 12.7 Å². The van der Waals surface area contributed by atoms with Crippen molar-refractivity contribution in [3.05, 3.63) is 58.9 Å². The summed E-state index contributed by atoms with van der Waals surface area (Å²) >= 11 is 0. The molecular formula is C19H18F4N2O4S. The van der Waals surface area contributed by atoms with Crippen molar-refractivity contribution in [2.24, 2.45) is 0 Å². The lowest BCUT2D eigenvalue weighted by molar-refractivity contribution is -0.137. The number of amides is 1. The van der Waals surface area contributed by atoms with Gasteiger partial charge in [0.05, 0.1) is 29.4 Å². The van der Waals surface area contributed by atoms with Crippen LogP contribution in [-0.4, -0.2) is 44.9 Å². The topological polar surface area (TPSA) is 75.7 Å². The summed E-state index contributed by atoms with van der Waals surface area (Å²) in [5.74, 6) is -2.04. The van der Waals surface area contributed by atoms with Crippen molar-refractivity contribution in [3.63, 3.8) is 0 Å². The van der Waals surface area contributed by atoms with Crippen molar-refractivity contribution in [2.75, 3.05) is 31.6 Å². The van der Waals surface area contributed by atoms with Crippen LogP contribution in [0.5, 0.6) is 0 Å². The molecule has 0 radical (unpaired) electrons. The minimum absolute atomic E-state index is 0.109. The largest absolute Gasteiger partial charge is 0.418 e. The number of hydrogen-bond acceptors (Lipinski definition) is 4. The van der Waals surface area contributed by atoms with E-state index in [9.17, 15) is 30.8 Å². The summed E-state index contributed by atoms with van der Waals surface area (Å²) in [6.45, 7) is 2.31. The average molecular weight is 446 g/mol. The van der Waals surface area contributed by atoms with E-state index in [1.54, 1.807) is 0 Å². The van der Waals surface area contributed by atoms with Crippen LogP contribution < -0.4 is 5.32 Å². The van der Waals surface area contributed by atoms with E-state index in [1.165, 1.54) is 23.4 Å². The Morgan fingerprint density at radius 3 is 2.40 bits per heavy atom. The summed E-state index contributed by atoms with van der Waals surface area (Å²) in [5, 5.41) is 2.11.